The molecule has 1 heterocycles. The smallest absolute Gasteiger partial charge is 0.153 e. The Morgan fingerprint density at radius 2 is 1.88 bits per heavy atom. The summed E-state index contributed by atoms with van der Waals surface area (Å²) in [5.41, 5.74) is 2.80. The van der Waals surface area contributed by atoms with E-state index in [0.717, 1.165) is 24.7 Å². The fourth-order valence-corrected chi connectivity index (χ4v) is 1.55. The van der Waals surface area contributed by atoms with Gasteiger partial charge in [-0.1, -0.05) is 23.8 Å². The van der Waals surface area contributed by atoms with Gasteiger partial charge in [0.2, 0.25) is 0 Å². The van der Waals surface area contributed by atoms with Gasteiger partial charge in [-0.3, -0.25) is 4.79 Å². The lowest BCUT2D eigenvalue weighted by atomic mass is 10.1. The standard InChI is InChI=1S/C13H12O2.CH4O/c1-9-4-3-5-11(6-9)13-7-12(8-14)10(2)15-13;1-2/h3-8H,1-2H3;2H,1H3. The number of benzene rings is 1. The summed E-state index contributed by atoms with van der Waals surface area (Å²) in [6, 6.07) is 9.78. The number of rotatable bonds is 2. The third-order valence-corrected chi connectivity index (χ3v) is 2.39. The first-order chi connectivity index (χ1) is 8.20. The molecule has 1 N–H and O–H groups in total. The number of carbonyl (C=O) groups is 1. The molecule has 3 heteroatoms. The van der Waals surface area contributed by atoms with E-state index in [1.165, 1.54) is 5.56 Å². The molecule has 0 fully saturated rings. The summed E-state index contributed by atoms with van der Waals surface area (Å²) in [4.78, 5) is 10.7. The second kappa shape index (κ2) is 6.01. The van der Waals surface area contributed by atoms with Gasteiger partial charge in [-0.15, -0.1) is 0 Å². The Hall–Kier alpha value is -1.87. The molecule has 0 aliphatic carbocycles. The summed E-state index contributed by atoms with van der Waals surface area (Å²) in [6.45, 7) is 3.82. The summed E-state index contributed by atoms with van der Waals surface area (Å²) in [5, 5.41) is 7.00. The van der Waals surface area contributed by atoms with Crippen molar-refractivity contribution in [1.29, 1.82) is 0 Å². The molecule has 2 rings (SSSR count). The van der Waals surface area contributed by atoms with E-state index in [2.05, 4.69) is 0 Å². The zero-order valence-corrected chi connectivity index (χ0v) is 10.2. The van der Waals surface area contributed by atoms with Crippen LogP contribution in [0.1, 0.15) is 21.7 Å². The van der Waals surface area contributed by atoms with Crippen LogP contribution in [0.15, 0.2) is 34.7 Å². The van der Waals surface area contributed by atoms with Crippen molar-refractivity contribution in [2.75, 3.05) is 7.11 Å². The maximum Gasteiger partial charge on any atom is 0.153 e. The topological polar surface area (TPSA) is 50.4 Å². The second-order valence-corrected chi connectivity index (χ2v) is 3.61. The highest BCUT2D eigenvalue weighted by Crippen LogP contribution is 2.24. The average Bonchev–Trinajstić information content (AvgIpc) is 2.73. The van der Waals surface area contributed by atoms with Crippen molar-refractivity contribution < 1.29 is 14.3 Å². The van der Waals surface area contributed by atoms with Crippen LogP contribution in [0.3, 0.4) is 0 Å². The first kappa shape index (κ1) is 13.2. The molecular formula is C14H16O3. The number of hydrogen-bond donors (Lipinski definition) is 1. The van der Waals surface area contributed by atoms with Crippen molar-refractivity contribution in [1.82, 2.24) is 0 Å². The maximum absolute atomic E-state index is 10.7. The SMILES string of the molecule is CO.Cc1cccc(-c2cc(C=O)c(C)o2)c1. The van der Waals surface area contributed by atoms with Crippen molar-refractivity contribution in [3.05, 3.63) is 47.2 Å². The second-order valence-electron chi connectivity index (χ2n) is 3.61. The van der Waals surface area contributed by atoms with Crippen LogP contribution < -0.4 is 0 Å². The summed E-state index contributed by atoms with van der Waals surface area (Å²) >= 11 is 0. The quantitative estimate of drug-likeness (QED) is 0.810. The third-order valence-electron chi connectivity index (χ3n) is 2.39. The highest BCUT2D eigenvalue weighted by molar-refractivity contribution is 5.79. The Balaban J connectivity index is 0.000000686. The Bertz CT molecular complexity index is 498. The molecule has 1 aromatic carbocycles. The van der Waals surface area contributed by atoms with Gasteiger partial charge in [-0.2, -0.15) is 0 Å². The van der Waals surface area contributed by atoms with Crippen LogP contribution in [0.4, 0.5) is 0 Å². The molecule has 0 spiro atoms. The van der Waals surface area contributed by atoms with E-state index < -0.39 is 0 Å². The van der Waals surface area contributed by atoms with Crippen LogP contribution >= 0.6 is 0 Å². The van der Waals surface area contributed by atoms with Gasteiger partial charge in [0.05, 0.1) is 5.56 Å². The van der Waals surface area contributed by atoms with Gasteiger partial charge < -0.3 is 9.52 Å². The highest BCUT2D eigenvalue weighted by atomic mass is 16.3. The van der Waals surface area contributed by atoms with Gasteiger partial charge >= 0.3 is 0 Å². The monoisotopic (exact) mass is 232 g/mol. The van der Waals surface area contributed by atoms with Crippen molar-refractivity contribution >= 4 is 6.29 Å². The highest BCUT2D eigenvalue weighted by Gasteiger charge is 2.08. The lowest BCUT2D eigenvalue weighted by molar-refractivity contribution is 0.112. The molecule has 90 valence electrons. The molecule has 0 aliphatic rings. The van der Waals surface area contributed by atoms with Crippen LogP contribution in [-0.2, 0) is 0 Å². The van der Waals surface area contributed by atoms with Gasteiger partial charge in [0, 0.05) is 12.7 Å². The third kappa shape index (κ3) is 3.04. The zero-order valence-electron chi connectivity index (χ0n) is 10.2. The maximum atomic E-state index is 10.7. The van der Waals surface area contributed by atoms with E-state index >= 15 is 0 Å². The summed E-state index contributed by atoms with van der Waals surface area (Å²) in [7, 11) is 1.00. The Kier molecular flexibility index (Phi) is 4.67. The fourth-order valence-electron chi connectivity index (χ4n) is 1.55. The Morgan fingerprint density at radius 3 is 2.41 bits per heavy atom. The average molecular weight is 232 g/mol. The van der Waals surface area contributed by atoms with E-state index in [0.29, 0.717) is 11.3 Å². The van der Waals surface area contributed by atoms with E-state index in [4.69, 9.17) is 9.52 Å². The minimum atomic E-state index is 0.617. The van der Waals surface area contributed by atoms with Gasteiger partial charge in [0.1, 0.15) is 11.5 Å². The van der Waals surface area contributed by atoms with Crippen molar-refractivity contribution in [3.63, 3.8) is 0 Å². The molecule has 3 nitrogen and oxygen atoms in total. The normalized spacial score (nSPS) is 9.41. The molecule has 0 aliphatic heterocycles. The predicted molar refractivity (Wildman–Crippen MR) is 67.1 cm³/mol. The molecule has 17 heavy (non-hydrogen) atoms. The number of carbonyl (C=O) groups excluding carboxylic acids is 1. The molecule has 0 amide bonds. The van der Waals surface area contributed by atoms with Crippen LogP contribution in [0.25, 0.3) is 11.3 Å². The van der Waals surface area contributed by atoms with E-state index in [1.807, 2.05) is 31.2 Å². The molecule has 0 saturated heterocycles. The van der Waals surface area contributed by atoms with E-state index in [1.54, 1.807) is 13.0 Å². The molecule has 0 atom stereocenters. The molecule has 1 aromatic heterocycles. The molecule has 0 bridgehead atoms. The van der Waals surface area contributed by atoms with Crippen molar-refractivity contribution in [2.45, 2.75) is 13.8 Å². The molecule has 0 saturated carbocycles. The predicted octanol–water partition coefficient (Wildman–Crippen LogP) is 2.98. The van der Waals surface area contributed by atoms with E-state index in [-0.39, 0.29) is 0 Å². The molecular weight excluding hydrogens is 216 g/mol. The summed E-state index contributed by atoms with van der Waals surface area (Å²) in [6.07, 6.45) is 0.818. The Labute approximate surface area is 101 Å². The first-order valence-electron chi connectivity index (χ1n) is 5.28. The van der Waals surface area contributed by atoms with Crippen molar-refractivity contribution in [2.24, 2.45) is 0 Å². The van der Waals surface area contributed by atoms with Gasteiger partial charge in [-0.05, 0) is 26.0 Å². The number of aldehydes is 1. The Morgan fingerprint density at radius 1 is 1.18 bits per heavy atom. The molecule has 0 unspecified atom stereocenters. The largest absolute Gasteiger partial charge is 0.461 e. The number of aliphatic hydroxyl groups excluding tert-OH is 1. The number of hydrogen-bond acceptors (Lipinski definition) is 3. The van der Waals surface area contributed by atoms with Crippen LogP contribution in [0.2, 0.25) is 0 Å². The van der Waals surface area contributed by atoms with E-state index in [9.17, 15) is 4.79 Å². The zero-order chi connectivity index (χ0) is 12.8. The number of aryl methyl sites for hydroxylation is 2. The van der Waals surface area contributed by atoms with Gasteiger partial charge in [0.25, 0.3) is 0 Å². The fraction of sp³-hybridized carbons (Fsp3) is 0.214. The van der Waals surface area contributed by atoms with Gasteiger partial charge in [0.15, 0.2) is 6.29 Å². The number of aliphatic hydroxyl groups is 1. The van der Waals surface area contributed by atoms with Crippen LogP contribution in [-0.4, -0.2) is 18.5 Å². The van der Waals surface area contributed by atoms with Gasteiger partial charge in [-0.25, -0.2) is 0 Å². The number of furan rings is 1. The summed E-state index contributed by atoms with van der Waals surface area (Å²) in [5.74, 6) is 1.42. The summed E-state index contributed by atoms with van der Waals surface area (Å²) < 4.78 is 5.52. The van der Waals surface area contributed by atoms with Crippen molar-refractivity contribution in [3.8, 4) is 11.3 Å². The first-order valence-corrected chi connectivity index (χ1v) is 5.28. The lowest BCUT2D eigenvalue weighted by Crippen LogP contribution is -1.76. The van der Waals surface area contributed by atoms with Crippen LogP contribution in [0, 0.1) is 13.8 Å². The minimum Gasteiger partial charge on any atom is -0.461 e. The van der Waals surface area contributed by atoms with Crippen LogP contribution in [0.5, 0.6) is 0 Å². The minimum absolute atomic E-state index is 0.617. The molecule has 0 radical (unpaired) electrons. The molecule has 2 aromatic rings. The lowest BCUT2D eigenvalue weighted by Gasteiger charge is -1.97.